The Bertz CT molecular complexity index is 885. The van der Waals surface area contributed by atoms with Gasteiger partial charge >= 0.3 is 6.09 Å². The molecular weight excluding hydrogens is 294 g/mol. The number of amides is 1. The molecule has 2 aromatic rings. The van der Waals surface area contributed by atoms with Gasteiger partial charge in [-0.2, -0.15) is 10.5 Å². The van der Waals surface area contributed by atoms with Crippen molar-refractivity contribution in [2.45, 2.75) is 20.0 Å². The van der Waals surface area contributed by atoms with Crippen molar-refractivity contribution >= 4 is 6.09 Å². The largest absolute Gasteiger partial charge is 0.465 e. The second kappa shape index (κ2) is 5.47. The molecule has 0 saturated heterocycles. The molecule has 7 nitrogen and oxygen atoms in total. The summed E-state index contributed by atoms with van der Waals surface area (Å²) >= 11 is 0. The van der Waals surface area contributed by atoms with Crippen molar-refractivity contribution < 1.29 is 9.90 Å². The number of aryl methyl sites for hydroxylation is 1. The number of hydrogen-bond acceptors (Lipinski definition) is 4. The van der Waals surface area contributed by atoms with Crippen LogP contribution in [0.4, 0.5) is 4.79 Å². The monoisotopic (exact) mass is 307 g/mol. The first kappa shape index (κ1) is 14.6. The molecule has 114 valence electrons. The SMILES string of the molecule is Cc1ccncc1-c1c(C#N)c(C#N)c2n1CCN(C(=O)O)C2. The van der Waals surface area contributed by atoms with Crippen LogP contribution in [-0.4, -0.2) is 32.2 Å². The summed E-state index contributed by atoms with van der Waals surface area (Å²) in [5.41, 5.74) is 3.48. The number of carboxylic acid groups (broad SMARTS) is 1. The maximum atomic E-state index is 11.2. The van der Waals surface area contributed by atoms with Gasteiger partial charge in [0.1, 0.15) is 12.1 Å². The molecular formula is C16H13N5O2. The summed E-state index contributed by atoms with van der Waals surface area (Å²) in [7, 11) is 0. The highest BCUT2D eigenvalue weighted by molar-refractivity contribution is 5.76. The van der Waals surface area contributed by atoms with Crippen LogP contribution in [0.1, 0.15) is 22.4 Å². The number of aromatic nitrogens is 2. The molecule has 2 aromatic heterocycles. The van der Waals surface area contributed by atoms with Gasteiger partial charge in [0.15, 0.2) is 0 Å². The minimum Gasteiger partial charge on any atom is -0.465 e. The average Bonchev–Trinajstić information content (AvgIpc) is 2.87. The van der Waals surface area contributed by atoms with Crippen LogP contribution in [0.15, 0.2) is 18.5 Å². The van der Waals surface area contributed by atoms with Crippen molar-refractivity contribution in [3.05, 3.63) is 40.8 Å². The highest BCUT2D eigenvalue weighted by atomic mass is 16.4. The molecule has 0 bridgehead atoms. The number of nitrogens with zero attached hydrogens (tertiary/aromatic N) is 5. The predicted octanol–water partition coefficient (Wildman–Crippen LogP) is 2.10. The summed E-state index contributed by atoms with van der Waals surface area (Å²) in [6, 6.07) is 6.01. The molecule has 23 heavy (non-hydrogen) atoms. The number of hydrogen-bond donors (Lipinski definition) is 1. The highest BCUT2D eigenvalue weighted by Gasteiger charge is 2.30. The fourth-order valence-corrected chi connectivity index (χ4v) is 2.94. The van der Waals surface area contributed by atoms with Crippen LogP contribution in [0, 0.1) is 29.6 Å². The summed E-state index contributed by atoms with van der Waals surface area (Å²) in [6.07, 6.45) is 2.31. The van der Waals surface area contributed by atoms with Gasteiger partial charge in [-0.15, -0.1) is 0 Å². The van der Waals surface area contributed by atoms with E-state index in [0.29, 0.717) is 24.5 Å². The number of fused-ring (bicyclic) bond motifs is 1. The van der Waals surface area contributed by atoms with E-state index >= 15 is 0 Å². The van der Waals surface area contributed by atoms with Crippen LogP contribution in [0.2, 0.25) is 0 Å². The lowest BCUT2D eigenvalue weighted by Crippen LogP contribution is -2.37. The lowest BCUT2D eigenvalue weighted by Gasteiger charge is -2.27. The van der Waals surface area contributed by atoms with Crippen LogP contribution in [-0.2, 0) is 13.1 Å². The Morgan fingerprint density at radius 2 is 2.04 bits per heavy atom. The van der Waals surface area contributed by atoms with Crippen molar-refractivity contribution in [3.8, 4) is 23.4 Å². The maximum Gasteiger partial charge on any atom is 0.407 e. The first-order chi connectivity index (χ1) is 11.1. The third kappa shape index (κ3) is 2.19. The third-order valence-corrected chi connectivity index (χ3v) is 4.09. The van der Waals surface area contributed by atoms with Crippen molar-refractivity contribution in [2.75, 3.05) is 6.54 Å². The van der Waals surface area contributed by atoms with Crippen molar-refractivity contribution in [2.24, 2.45) is 0 Å². The molecule has 0 radical (unpaired) electrons. The van der Waals surface area contributed by atoms with Gasteiger partial charge in [-0.05, 0) is 18.6 Å². The molecule has 0 fully saturated rings. The zero-order chi connectivity index (χ0) is 16.6. The summed E-state index contributed by atoms with van der Waals surface area (Å²) in [5, 5.41) is 28.2. The number of rotatable bonds is 1. The summed E-state index contributed by atoms with van der Waals surface area (Å²) in [4.78, 5) is 16.6. The first-order valence-corrected chi connectivity index (χ1v) is 7.03. The fraction of sp³-hybridized carbons (Fsp3) is 0.250. The van der Waals surface area contributed by atoms with E-state index < -0.39 is 6.09 Å². The Labute approximate surface area is 132 Å². The van der Waals surface area contributed by atoms with Gasteiger partial charge in [-0.1, -0.05) is 0 Å². The normalized spacial score (nSPS) is 13.1. The van der Waals surface area contributed by atoms with Gasteiger partial charge in [0.2, 0.25) is 0 Å². The van der Waals surface area contributed by atoms with Crippen LogP contribution < -0.4 is 0 Å². The van der Waals surface area contributed by atoms with E-state index in [-0.39, 0.29) is 17.7 Å². The summed E-state index contributed by atoms with van der Waals surface area (Å²) in [5.74, 6) is 0. The topological polar surface area (TPSA) is 106 Å². The molecule has 0 spiro atoms. The Morgan fingerprint density at radius 3 is 2.65 bits per heavy atom. The minimum atomic E-state index is -1.03. The molecule has 0 saturated carbocycles. The first-order valence-electron chi connectivity index (χ1n) is 7.03. The molecule has 7 heteroatoms. The molecule has 3 rings (SSSR count). The van der Waals surface area contributed by atoms with Gasteiger partial charge in [0.25, 0.3) is 0 Å². The second-order valence-electron chi connectivity index (χ2n) is 5.32. The lowest BCUT2D eigenvalue weighted by atomic mass is 10.0. The molecule has 1 amide bonds. The quantitative estimate of drug-likeness (QED) is 0.868. The molecule has 0 aromatic carbocycles. The zero-order valence-electron chi connectivity index (χ0n) is 12.4. The van der Waals surface area contributed by atoms with Crippen molar-refractivity contribution in [1.82, 2.24) is 14.5 Å². The van der Waals surface area contributed by atoms with E-state index in [2.05, 4.69) is 17.1 Å². The van der Waals surface area contributed by atoms with Crippen LogP contribution >= 0.6 is 0 Å². The zero-order valence-corrected chi connectivity index (χ0v) is 12.4. The predicted molar refractivity (Wildman–Crippen MR) is 80.3 cm³/mol. The van der Waals surface area contributed by atoms with Gasteiger partial charge in [-0.25, -0.2) is 4.79 Å². The number of nitriles is 2. The lowest BCUT2D eigenvalue weighted by molar-refractivity contribution is 0.133. The molecule has 1 aliphatic rings. The van der Waals surface area contributed by atoms with Gasteiger partial charge < -0.3 is 14.6 Å². The Balaban J connectivity index is 2.28. The molecule has 0 aliphatic carbocycles. The van der Waals surface area contributed by atoms with Crippen molar-refractivity contribution in [3.63, 3.8) is 0 Å². The van der Waals surface area contributed by atoms with E-state index in [9.17, 15) is 20.4 Å². The number of pyridine rings is 1. The van der Waals surface area contributed by atoms with E-state index in [1.807, 2.05) is 17.6 Å². The summed E-state index contributed by atoms with van der Waals surface area (Å²) < 4.78 is 1.88. The standard InChI is InChI=1S/C16H13N5O2/c1-10-2-3-19-8-13(10)15-12(7-18)11(6-17)14-9-20(16(22)23)4-5-21(14)15/h2-3,8H,4-5,9H2,1H3,(H,22,23). The van der Waals surface area contributed by atoms with E-state index in [1.54, 1.807) is 12.4 Å². The number of carbonyl (C=O) groups is 1. The summed E-state index contributed by atoms with van der Waals surface area (Å²) in [6.45, 7) is 2.74. The fourth-order valence-electron chi connectivity index (χ4n) is 2.94. The molecule has 1 aliphatic heterocycles. The van der Waals surface area contributed by atoms with E-state index in [4.69, 9.17) is 0 Å². The Morgan fingerprint density at radius 1 is 1.30 bits per heavy atom. The molecule has 1 N–H and O–H groups in total. The van der Waals surface area contributed by atoms with Crippen LogP contribution in [0.3, 0.4) is 0 Å². The molecule has 3 heterocycles. The second-order valence-corrected chi connectivity index (χ2v) is 5.32. The van der Waals surface area contributed by atoms with Crippen LogP contribution in [0.5, 0.6) is 0 Å². The molecule has 0 unspecified atom stereocenters. The van der Waals surface area contributed by atoms with Gasteiger partial charge in [0, 0.05) is 31.0 Å². The van der Waals surface area contributed by atoms with Crippen LogP contribution in [0.25, 0.3) is 11.3 Å². The maximum absolute atomic E-state index is 11.2. The average molecular weight is 307 g/mol. The van der Waals surface area contributed by atoms with Crippen molar-refractivity contribution in [1.29, 1.82) is 10.5 Å². The minimum absolute atomic E-state index is 0.103. The Kier molecular flexibility index (Phi) is 3.47. The smallest absolute Gasteiger partial charge is 0.407 e. The van der Waals surface area contributed by atoms with Gasteiger partial charge in [0.05, 0.1) is 29.1 Å². The van der Waals surface area contributed by atoms with Gasteiger partial charge in [-0.3, -0.25) is 4.98 Å². The third-order valence-electron chi connectivity index (χ3n) is 4.09. The van der Waals surface area contributed by atoms with E-state index in [0.717, 1.165) is 11.1 Å². The van der Waals surface area contributed by atoms with E-state index in [1.165, 1.54) is 4.90 Å². The highest BCUT2D eigenvalue weighted by Crippen LogP contribution is 2.34. The Hall–Kier alpha value is -3.32. The molecule has 0 atom stereocenters.